The van der Waals surface area contributed by atoms with Gasteiger partial charge < -0.3 is 14.3 Å². The van der Waals surface area contributed by atoms with Gasteiger partial charge in [0.1, 0.15) is 17.3 Å². The number of phenolic OH excluding ortho intramolecular Hbond substituents is 1. The average molecular weight is 353 g/mol. The third-order valence-corrected chi connectivity index (χ3v) is 3.68. The molecule has 0 saturated heterocycles. The Labute approximate surface area is 149 Å². The summed E-state index contributed by atoms with van der Waals surface area (Å²) in [5, 5.41) is 9.79. The minimum Gasteiger partial charge on any atom is -0.507 e. The van der Waals surface area contributed by atoms with Gasteiger partial charge >= 0.3 is 5.97 Å². The minimum atomic E-state index is -0.722. The van der Waals surface area contributed by atoms with E-state index in [0.29, 0.717) is 0 Å². The number of aromatic nitrogens is 1. The topological polar surface area (TPSA) is 72.6 Å². The predicted molar refractivity (Wildman–Crippen MR) is 94.4 cm³/mol. The van der Waals surface area contributed by atoms with Gasteiger partial charge in [-0.15, -0.1) is 0 Å². The van der Waals surface area contributed by atoms with E-state index in [1.807, 2.05) is 26.0 Å². The lowest BCUT2D eigenvalue weighted by Gasteiger charge is -2.04. The largest absolute Gasteiger partial charge is 0.507 e. The first-order valence-corrected chi connectivity index (χ1v) is 7.84. The molecule has 0 radical (unpaired) electrons. The molecule has 3 rings (SSSR count). The molecule has 1 heterocycles. The van der Waals surface area contributed by atoms with Crippen LogP contribution >= 0.6 is 0 Å². The lowest BCUT2D eigenvalue weighted by molar-refractivity contribution is 0.0700. The fourth-order valence-corrected chi connectivity index (χ4v) is 2.37. The molecule has 0 amide bonds. The van der Waals surface area contributed by atoms with E-state index in [9.17, 15) is 14.3 Å². The summed E-state index contributed by atoms with van der Waals surface area (Å²) < 4.78 is 23.3. The quantitative estimate of drug-likeness (QED) is 0.551. The third kappa shape index (κ3) is 3.97. The number of hydrogen-bond acceptors (Lipinski definition) is 5. The number of aromatic hydroxyl groups is 1. The van der Waals surface area contributed by atoms with Crippen molar-refractivity contribution in [3.8, 4) is 11.5 Å². The Morgan fingerprint density at radius 3 is 2.46 bits per heavy atom. The summed E-state index contributed by atoms with van der Waals surface area (Å²) in [6.07, 6.45) is 4.64. The van der Waals surface area contributed by atoms with E-state index in [0.717, 1.165) is 16.7 Å². The van der Waals surface area contributed by atoms with Crippen molar-refractivity contribution in [2.75, 3.05) is 0 Å². The Balaban J connectivity index is 1.71. The fraction of sp³-hybridized carbons (Fsp3) is 0.100. The molecule has 26 heavy (non-hydrogen) atoms. The van der Waals surface area contributed by atoms with Gasteiger partial charge in [0.25, 0.3) is 0 Å². The number of esters is 1. The van der Waals surface area contributed by atoms with Gasteiger partial charge in [0.15, 0.2) is 0 Å². The van der Waals surface area contributed by atoms with Crippen LogP contribution in [0.4, 0.5) is 4.39 Å². The summed E-state index contributed by atoms with van der Waals surface area (Å²) in [5.41, 5.74) is 2.40. The number of carbonyl (C=O) groups is 1. The highest BCUT2D eigenvalue weighted by Crippen LogP contribution is 2.24. The van der Waals surface area contributed by atoms with Gasteiger partial charge in [-0.25, -0.2) is 14.2 Å². The molecule has 3 aromatic rings. The number of aryl methyl sites for hydroxylation is 2. The van der Waals surface area contributed by atoms with E-state index in [2.05, 4.69) is 4.98 Å². The molecule has 0 atom stereocenters. The lowest BCUT2D eigenvalue weighted by atomic mass is 10.1. The summed E-state index contributed by atoms with van der Waals surface area (Å²) in [7, 11) is 0. The molecule has 6 heteroatoms. The molecular formula is C20H16FNO4. The number of rotatable bonds is 4. The van der Waals surface area contributed by atoms with Crippen molar-refractivity contribution in [1.29, 1.82) is 0 Å². The molecule has 0 fully saturated rings. The molecule has 0 unspecified atom stereocenters. The van der Waals surface area contributed by atoms with Gasteiger partial charge in [0, 0.05) is 6.08 Å². The van der Waals surface area contributed by atoms with Crippen LogP contribution in [0.3, 0.4) is 0 Å². The second-order valence-corrected chi connectivity index (χ2v) is 5.74. The summed E-state index contributed by atoms with van der Waals surface area (Å²) >= 11 is 0. The van der Waals surface area contributed by atoms with Gasteiger partial charge in [-0.1, -0.05) is 0 Å². The van der Waals surface area contributed by atoms with Crippen molar-refractivity contribution < 1.29 is 23.4 Å². The summed E-state index contributed by atoms with van der Waals surface area (Å²) in [4.78, 5) is 16.0. The highest BCUT2D eigenvalue weighted by molar-refractivity contribution is 5.88. The van der Waals surface area contributed by atoms with Crippen molar-refractivity contribution in [1.82, 2.24) is 4.98 Å². The predicted octanol–water partition coefficient (Wildman–Crippen LogP) is 4.53. The van der Waals surface area contributed by atoms with E-state index in [1.165, 1.54) is 30.5 Å². The summed E-state index contributed by atoms with van der Waals surface area (Å²) in [5.74, 6) is -0.493. The van der Waals surface area contributed by atoms with Crippen molar-refractivity contribution >= 4 is 18.1 Å². The van der Waals surface area contributed by atoms with E-state index in [4.69, 9.17) is 9.15 Å². The molecular weight excluding hydrogens is 337 g/mol. The number of hydrogen-bond donors (Lipinski definition) is 1. The van der Waals surface area contributed by atoms with Crippen LogP contribution in [0.2, 0.25) is 0 Å². The molecule has 0 aliphatic heterocycles. The van der Waals surface area contributed by atoms with Gasteiger partial charge in [-0.05, 0) is 73.0 Å². The van der Waals surface area contributed by atoms with Crippen LogP contribution in [0.5, 0.6) is 11.5 Å². The monoisotopic (exact) mass is 353 g/mol. The standard InChI is InChI=1S/C20H16FNO4/c1-12-9-14(10-13(2)19(12)23)3-8-18-22-11-17(26-18)20(24)25-16-6-4-15(21)5-7-16/h3-11,23H,1-2H3/b8-3+. The van der Waals surface area contributed by atoms with E-state index in [-0.39, 0.29) is 23.1 Å². The van der Waals surface area contributed by atoms with E-state index in [1.54, 1.807) is 12.2 Å². The number of oxazole rings is 1. The second kappa shape index (κ2) is 7.23. The SMILES string of the molecule is Cc1cc(/C=C/c2ncc(C(=O)Oc3ccc(F)cc3)o2)cc(C)c1O. The van der Waals surface area contributed by atoms with Crippen molar-refractivity contribution in [3.05, 3.63) is 76.8 Å². The second-order valence-electron chi connectivity index (χ2n) is 5.74. The molecule has 2 aromatic carbocycles. The first kappa shape index (κ1) is 17.4. The first-order chi connectivity index (χ1) is 12.4. The Morgan fingerprint density at radius 1 is 1.15 bits per heavy atom. The smallest absolute Gasteiger partial charge is 0.381 e. The number of nitrogens with zero attached hydrogens (tertiary/aromatic N) is 1. The van der Waals surface area contributed by atoms with E-state index < -0.39 is 11.8 Å². The Morgan fingerprint density at radius 2 is 1.81 bits per heavy atom. The van der Waals surface area contributed by atoms with Crippen molar-refractivity contribution in [2.45, 2.75) is 13.8 Å². The van der Waals surface area contributed by atoms with Gasteiger partial charge in [0.05, 0.1) is 6.20 Å². The molecule has 0 saturated carbocycles. The Kier molecular flexibility index (Phi) is 4.84. The number of halogens is 1. The first-order valence-electron chi connectivity index (χ1n) is 7.84. The zero-order valence-corrected chi connectivity index (χ0v) is 14.2. The molecule has 0 bridgehead atoms. The zero-order chi connectivity index (χ0) is 18.7. The molecule has 0 aliphatic rings. The van der Waals surface area contributed by atoms with Crippen LogP contribution in [0.15, 0.2) is 47.0 Å². The summed E-state index contributed by atoms with van der Waals surface area (Å²) in [6.45, 7) is 3.63. The van der Waals surface area contributed by atoms with Crippen LogP contribution < -0.4 is 4.74 Å². The fourth-order valence-electron chi connectivity index (χ4n) is 2.37. The van der Waals surface area contributed by atoms with Crippen LogP contribution in [-0.4, -0.2) is 16.1 Å². The average Bonchev–Trinajstić information content (AvgIpc) is 3.09. The normalized spacial score (nSPS) is 11.0. The molecule has 0 spiro atoms. The maximum Gasteiger partial charge on any atom is 0.381 e. The number of phenols is 1. The molecule has 5 nitrogen and oxygen atoms in total. The van der Waals surface area contributed by atoms with Crippen LogP contribution in [0.25, 0.3) is 12.2 Å². The van der Waals surface area contributed by atoms with Crippen LogP contribution in [0, 0.1) is 19.7 Å². The van der Waals surface area contributed by atoms with E-state index >= 15 is 0 Å². The minimum absolute atomic E-state index is 0.0629. The molecule has 132 valence electrons. The maximum absolute atomic E-state index is 12.9. The number of benzene rings is 2. The Bertz CT molecular complexity index is 951. The third-order valence-electron chi connectivity index (χ3n) is 3.68. The van der Waals surface area contributed by atoms with Gasteiger partial charge in [0.2, 0.25) is 11.7 Å². The Hall–Kier alpha value is -3.41. The van der Waals surface area contributed by atoms with Crippen LogP contribution in [-0.2, 0) is 0 Å². The number of carbonyl (C=O) groups excluding carboxylic acids is 1. The molecule has 0 aliphatic carbocycles. The highest BCUT2D eigenvalue weighted by Gasteiger charge is 2.14. The molecule has 1 N–H and O–H groups in total. The van der Waals surface area contributed by atoms with Crippen molar-refractivity contribution in [3.63, 3.8) is 0 Å². The van der Waals surface area contributed by atoms with Crippen molar-refractivity contribution in [2.24, 2.45) is 0 Å². The lowest BCUT2D eigenvalue weighted by Crippen LogP contribution is -2.07. The number of ether oxygens (including phenoxy) is 1. The zero-order valence-electron chi connectivity index (χ0n) is 14.2. The summed E-state index contributed by atoms with van der Waals surface area (Å²) in [6, 6.07) is 8.73. The maximum atomic E-state index is 12.9. The highest BCUT2D eigenvalue weighted by atomic mass is 19.1. The molecule has 1 aromatic heterocycles. The van der Waals surface area contributed by atoms with Gasteiger partial charge in [-0.3, -0.25) is 0 Å². The van der Waals surface area contributed by atoms with Crippen LogP contribution in [0.1, 0.15) is 33.1 Å². The van der Waals surface area contributed by atoms with Gasteiger partial charge in [-0.2, -0.15) is 0 Å².